The minimum atomic E-state index is -2.66. The van der Waals surface area contributed by atoms with Gasteiger partial charge in [-0.3, -0.25) is 14.9 Å². The number of hydrogen-bond donors (Lipinski definition) is 3. The molecule has 4 N–H and O–H groups in total. The molecule has 4 unspecified atom stereocenters. The van der Waals surface area contributed by atoms with Crippen molar-refractivity contribution in [2.45, 2.75) is 84.5 Å². The minimum Gasteiger partial charge on any atom is -0.479 e. The Morgan fingerprint density at radius 3 is 2.21 bits per heavy atom. The molecule has 1 aliphatic carbocycles. The molecule has 29 heavy (non-hydrogen) atoms. The first kappa shape index (κ1) is 24.7. The number of carbonyl (C=O) groups is 4. The van der Waals surface area contributed by atoms with Gasteiger partial charge in [0.2, 0.25) is 5.54 Å². The molecule has 0 aromatic carbocycles. The maximum absolute atomic E-state index is 12.6. The Kier molecular flexibility index (Phi) is 8.06. The fraction of sp³-hybridized carbons (Fsp3) is 0.800. The molecule has 0 heterocycles. The van der Waals surface area contributed by atoms with Gasteiger partial charge < -0.3 is 20.3 Å². The lowest BCUT2D eigenvalue weighted by Crippen LogP contribution is -2.64. The van der Waals surface area contributed by atoms with Gasteiger partial charge in [0, 0.05) is 0 Å². The number of carboxylic acids is 1. The van der Waals surface area contributed by atoms with E-state index in [0.29, 0.717) is 12.3 Å². The SMILES string of the molecule is CC1CCC(C(C)C)C(OC(=O)CC(NC(=O)OC(C)(C)C)(C(N)=O)C(=O)O)C1. The van der Waals surface area contributed by atoms with Crippen molar-refractivity contribution in [3.63, 3.8) is 0 Å². The Labute approximate surface area is 171 Å². The fourth-order valence-electron chi connectivity index (χ4n) is 3.58. The molecule has 0 aromatic rings. The Morgan fingerprint density at radius 1 is 1.17 bits per heavy atom. The number of nitrogens with two attached hydrogens (primary N) is 1. The standard InChI is InChI=1S/C20H34N2O7/c1-11(2)13-8-7-12(3)9-14(13)28-15(23)10-20(16(21)24,17(25)26)22-18(27)29-19(4,5)6/h11-14H,7-10H2,1-6H3,(H2,21,24)(H,22,27)(H,25,26). The number of aliphatic carboxylic acids is 1. The number of amides is 2. The predicted molar refractivity (Wildman–Crippen MR) is 105 cm³/mol. The molecular formula is C20H34N2O7. The van der Waals surface area contributed by atoms with E-state index in [1.807, 2.05) is 19.2 Å². The third-order valence-corrected chi connectivity index (χ3v) is 5.15. The van der Waals surface area contributed by atoms with Gasteiger partial charge in [0.05, 0.1) is 6.42 Å². The van der Waals surface area contributed by atoms with Gasteiger partial charge in [0.15, 0.2) is 0 Å². The molecule has 1 fully saturated rings. The van der Waals surface area contributed by atoms with Crippen LogP contribution in [0.5, 0.6) is 0 Å². The van der Waals surface area contributed by atoms with E-state index < -0.39 is 41.5 Å². The summed E-state index contributed by atoms with van der Waals surface area (Å²) in [6.45, 7) is 10.9. The molecular weight excluding hydrogens is 380 g/mol. The van der Waals surface area contributed by atoms with E-state index in [-0.39, 0.29) is 17.9 Å². The van der Waals surface area contributed by atoms with Gasteiger partial charge in [0.25, 0.3) is 5.91 Å². The molecule has 0 spiro atoms. The zero-order chi connectivity index (χ0) is 22.6. The lowest BCUT2D eigenvalue weighted by Gasteiger charge is -2.37. The number of esters is 1. The Bertz CT molecular complexity index is 625. The van der Waals surface area contributed by atoms with Gasteiger partial charge in [-0.15, -0.1) is 0 Å². The van der Waals surface area contributed by atoms with Crippen molar-refractivity contribution in [1.82, 2.24) is 5.32 Å². The molecule has 2 amide bonds. The monoisotopic (exact) mass is 414 g/mol. The normalized spacial score (nSPS) is 24.3. The Morgan fingerprint density at radius 2 is 1.76 bits per heavy atom. The van der Waals surface area contributed by atoms with Crippen LogP contribution in [0.25, 0.3) is 0 Å². The molecule has 166 valence electrons. The van der Waals surface area contributed by atoms with E-state index in [1.54, 1.807) is 20.8 Å². The number of ether oxygens (including phenoxy) is 2. The molecule has 9 heteroatoms. The second-order valence-electron chi connectivity index (χ2n) is 9.23. The molecule has 0 aromatic heterocycles. The van der Waals surface area contributed by atoms with Crippen LogP contribution < -0.4 is 11.1 Å². The van der Waals surface area contributed by atoms with Gasteiger partial charge in [-0.05, 0) is 51.4 Å². The third-order valence-electron chi connectivity index (χ3n) is 5.15. The van der Waals surface area contributed by atoms with Crippen molar-refractivity contribution >= 4 is 23.9 Å². The van der Waals surface area contributed by atoms with Crippen LogP contribution in [0.2, 0.25) is 0 Å². The van der Waals surface area contributed by atoms with Crippen molar-refractivity contribution in [2.24, 2.45) is 23.5 Å². The van der Waals surface area contributed by atoms with Gasteiger partial charge in [-0.2, -0.15) is 0 Å². The first-order chi connectivity index (χ1) is 13.2. The zero-order valence-electron chi connectivity index (χ0n) is 18.1. The quantitative estimate of drug-likeness (QED) is 0.428. The molecule has 4 atom stereocenters. The maximum Gasteiger partial charge on any atom is 0.408 e. The Hall–Kier alpha value is -2.32. The van der Waals surface area contributed by atoms with Crippen LogP contribution >= 0.6 is 0 Å². The van der Waals surface area contributed by atoms with Crippen LogP contribution in [-0.2, 0) is 23.9 Å². The molecule has 0 saturated heterocycles. The van der Waals surface area contributed by atoms with Gasteiger partial charge in [0.1, 0.15) is 11.7 Å². The van der Waals surface area contributed by atoms with E-state index >= 15 is 0 Å². The number of hydrogen-bond acceptors (Lipinski definition) is 6. The topological polar surface area (TPSA) is 145 Å². The predicted octanol–water partition coefficient (Wildman–Crippen LogP) is 2.21. The highest BCUT2D eigenvalue weighted by atomic mass is 16.6. The molecule has 0 aliphatic heterocycles. The highest BCUT2D eigenvalue weighted by molar-refractivity contribution is 6.10. The summed E-state index contributed by atoms with van der Waals surface area (Å²) in [4.78, 5) is 48.5. The second kappa shape index (κ2) is 9.45. The highest BCUT2D eigenvalue weighted by Gasteiger charge is 2.50. The van der Waals surface area contributed by atoms with E-state index in [1.165, 1.54) is 0 Å². The summed E-state index contributed by atoms with van der Waals surface area (Å²) in [5.74, 6) is -3.27. The average molecular weight is 414 g/mol. The molecule has 1 saturated carbocycles. The molecule has 0 bridgehead atoms. The number of primary amides is 1. The van der Waals surface area contributed by atoms with Crippen molar-refractivity contribution < 1.29 is 33.8 Å². The van der Waals surface area contributed by atoms with Crippen molar-refractivity contribution in [1.29, 1.82) is 0 Å². The first-order valence-electron chi connectivity index (χ1n) is 9.92. The first-order valence-corrected chi connectivity index (χ1v) is 9.92. The van der Waals surface area contributed by atoms with Gasteiger partial charge >= 0.3 is 18.0 Å². The smallest absolute Gasteiger partial charge is 0.408 e. The molecule has 9 nitrogen and oxygen atoms in total. The largest absolute Gasteiger partial charge is 0.479 e. The summed E-state index contributed by atoms with van der Waals surface area (Å²) in [6, 6.07) is 0. The van der Waals surface area contributed by atoms with E-state index in [2.05, 4.69) is 6.92 Å². The number of carboxylic acid groups (broad SMARTS) is 1. The van der Waals surface area contributed by atoms with Crippen LogP contribution in [0.4, 0.5) is 4.79 Å². The van der Waals surface area contributed by atoms with Crippen molar-refractivity contribution in [3.05, 3.63) is 0 Å². The van der Waals surface area contributed by atoms with E-state index in [9.17, 15) is 24.3 Å². The lowest BCUT2D eigenvalue weighted by atomic mass is 9.75. The highest BCUT2D eigenvalue weighted by Crippen LogP contribution is 2.35. The maximum atomic E-state index is 12.6. The summed E-state index contributed by atoms with van der Waals surface area (Å²) in [5, 5.41) is 11.6. The van der Waals surface area contributed by atoms with E-state index in [4.69, 9.17) is 15.2 Å². The van der Waals surface area contributed by atoms with Gasteiger partial charge in [-0.1, -0.05) is 27.2 Å². The number of alkyl carbamates (subject to hydrolysis) is 1. The van der Waals surface area contributed by atoms with Crippen molar-refractivity contribution in [3.8, 4) is 0 Å². The fourth-order valence-corrected chi connectivity index (χ4v) is 3.58. The average Bonchev–Trinajstić information content (AvgIpc) is 2.51. The van der Waals surface area contributed by atoms with E-state index in [0.717, 1.165) is 12.8 Å². The Balaban J connectivity index is 3.00. The second-order valence-corrected chi connectivity index (χ2v) is 9.23. The summed E-state index contributed by atoms with van der Waals surface area (Å²) < 4.78 is 10.6. The third kappa shape index (κ3) is 6.90. The van der Waals surface area contributed by atoms with Crippen LogP contribution in [0, 0.1) is 17.8 Å². The number of nitrogens with one attached hydrogen (secondary N) is 1. The minimum absolute atomic E-state index is 0.141. The number of carbonyl (C=O) groups excluding carboxylic acids is 3. The number of rotatable bonds is 7. The molecule has 1 rings (SSSR count). The van der Waals surface area contributed by atoms with Crippen LogP contribution in [0.1, 0.15) is 67.2 Å². The summed E-state index contributed by atoms with van der Waals surface area (Å²) in [5.41, 5.74) is 1.67. The van der Waals surface area contributed by atoms with Crippen LogP contribution in [-0.4, -0.2) is 46.3 Å². The summed E-state index contributed by atoms with van der Waals surface area (Å²) >= 11 is 0. The van der Waals surface area contributed by atoms with Gasteiger partial charge in [-0.25, -0.2) is 9.59 Å². The lowest BCUT2D eigenvalue weighted by molar-refractivity contribution is -0.164. The van der Waals surface area contributed by atoms with Crippen molar-refractivity contribution in [2.75, 3.05) is 0 Å². The molecule has 0 radical (unpaired) electrons. The molecule has 1 aliphatic rings. The summed E-state index contributed by atoms with van der Waals surface area (Å²) in [7, 11) is 0. The van der Waals surface area contributed by atoms with Crippen LogP contribution in [0.3, 0.4) is 0 Å². The van der Waals surface area contributed by atoms with Crippen LogP contribution in [0.15, 0.2) is 0 Å². The zero-order valence-corrected chi connectivity index (χ0v) is 18.1. The summed E-state index contributed by atoms with van der Waals surface area (Å²) in [6.07, 6.45) is 0.103.